The lowest BCUT2D eigenvalue weighted by molar-refractivity contribution is 0.0531. The van der Waals surface area contributed by atoms with E-state index < -0.39 is 0 Å². The van der Waals surface area contributed by atoms with Crippen LogP contribution >= 0.6 is 0 Å². The highest BCUT2D eigenvalue weighted by molar-refractivity contribution is 4.89. The van der Waals surface area contributed by atoms with Gasteiger partial charge in [0.1, 0.15) is 0 Å². The lowest BCUT2D eigenvalue weighted by Gasteiger charge is -2.45. The maximum atomic E-state index is 5.99. The number of hydrogen-bond donors (Lipinski definition) is 1. The summed E-state index contributed by atoms with van der Waals surface area (Å²) in [5, 5.41) is 0. The highest BCUT2D eigenvalue weighted by Gasteiger charge is 2.33. The van der Waals surface area contributed by atoms with Crippen LogP contribution in [0.25, 0.3) is 0 Å². The zero-order valence-corrected chi connectivity index (χ0v) is 11.6. The standard InChI is InChI=1S/C14H29N3/c1-3-17-9-7-13(8-10-17)16(2)14(11-15)12-5-4-6-12/h12-14H,3-11,15H2,1-2H3. The van der Waals surface area contributed by atoms with E-state index in [0.717, 1.165) is 18.5 Å². The Hall–Kier alpha value is -0.120. The summed E-state index contributed by atoms with van der Waals surface area (Å²) in [6, 6.07) is 1.41. The summed E-state index contributed by atoms with van der Waals surface area (Å²) >= 11 is 0. The average Bonchev–Trinajstić information content (AvgIpc) is 2.32. The zero-order valence-electron chi connectivity index (χ0n) is 11.6. The fourth-order valence-electron chi connectivity index (χ4n) is 3.43. The van der Waals surface area contributed by atoms with Gasteiger partial charge in [0, 0.05) is 18.6 Å². The van der Waals surface area contributed by atoms with Gasteiger partial charge in [-0.1, -0.05) is 13.3 Å². The Kier molecular flexibility index (Phi) is 4.83. The first kappa shape index (κ1) is 13.3. The van der Waals surface area contributed by atoms with Crippen LogP contribution in [0.5, 0.6) is 0 Å². The van der Waals surface area contributed by atoms with E-state index in [2.05, 4.69) is 23.8 Å². The molecule has 1 heterocycles. The second-order valence-corrected chi connectivity index (χ2v) is 5.82. The molecular formula is C14H29N3. The first-order valence-electron chi connectivity index (χ1n) is 7.40. The third-order valence-corrected chi connectivity index (χ3v) is 5.04. The van der Waals surface area contributed by atoms with Crippen molar-refractivity contribution < 1.29 is 0 Å². The van der Waals surface area contributed by atoms with Gasteiger partial charge in [-0.05, 0) is 58.3 Å². The molecule has 1 atom stereocenters. The normalized spacial score (nSPS) is 26.1. The topological polar surface area (TPSA) is 32.5 Å². The van der Waals surface area contributed by atoms with Crippen LogP contribution < -0.4 is 5.73 Å². The summed E-state index contributed by atoms with van der Waals surface area (Å²) in [4.78, 5) is 5.17. The molecule has 0 aromatic heterocycles. The summed E-state index contributed by atoms with van der Waals surface area (Å²) in [5.41, 5.74) is 5.99. The quantitative estimate of drug-likeness (QED) is 0.790. The van der Waals surface area contributed by atoms with Gasteiger partial charge in [-0.25, -0.2) is 0 Å². The third kappa shape index (κ3) is 3.01. The smallest absolute Gasteiger partial charge is 0.0246 e. The van der Waals surface area contributed by atoms with Gasteiger partial charge in [0.15, 0.2) is 0 Å². The van der Waals surface area contributed by atoms with Crippen LogP contribution in [0.3, 0.4) is 0 Å². The summed E-state index contributed by atoms with van der Waals surface area (Å²) in [5.74, 6) is 0.884. The van der Waals surface area contributed by atoms with Crippen molar-refractivity contribution in [2.75, 3.05) is 33.2 Å². The van der Waals surface area contributed by atoms with E-state index in [1.165, 1.54) is 51.7 Å². The summed E-state index contributed by atoms with van der Waals surface area (Å²) in [6.07, 6.45) is 6.88. The second kappa shape index (κ2) is 6.17. The van der Waals surface area contributed by atoms with E-state index in [-0.39, 0.29) is 0 Å². The molecule has 1 aliphatic carbocycles. The van der Waals surface area contributed by atoms with Crippen molar-refractivity contribution in [3.05, 3.63) is 0 Å². The molecule has 17 heavy (non-hydrogen) atoms. The Morgan fingerprint density at radius 1 is 1.24 bits per heavy atom. The van der Waals surface area contributed by atoms with Crippen molar-refractivity contribution in [3.63, 3.8) is 0 Å². The molecule has 100 valence electrons. The lowest BCUT2D eigenvalue weighted by Crippen LogP contribution is -2.53. The molecule has 3 nitrogen and oxygen atoms in total. The number of rotatable bonds is 5. The molecule has 1 saturated heterocycles. The van der Waals surface area contributed by atoms with Gasteiger partial charge < -0.3 is 10.6 Å². The van der Waals surface area contributed by atoms with E-state index >= 15 is 0 Å². The van der Waals surface area contributed by atoms with Crippen LogP contribution in [-0.2, 0) is 0 Å². The molecule has 0 aromatic carbocycles. The first-order chi connectivity index (χ1) is 8.26. The Labute approximate surface area is 106 Å². The number of nitrogens with two attached hydrogens (primary N) is 1. The van der Waals surface area contributed by atoms with Gasteiger partial charge in [-0.15, -0.1) is 0 Å². The molecule has 1 saturated carbocycles. The molecular weight excluding hydrogens is 210 g/mol. The van der Waals surface area contributed by atoms with Gasteiger partial charge in [0.25, 0.3) is 0 Å². The maximum Gasteiger partial charge on any atom is 0.0246 e. The molecule has 0 bridgehead atoms. The molecule has 2 fully saturated rings. The number of likely N-dealkylation sites (N-methyl/N-ethyl adjacent to an activating group) is 1. The molecule has 0 radical (unpaired) electrons. The molecule has 0 amide bonds. The minimum Gasteiger partial charge on any atom is -0.329 e. The van der Waals surface area contributed by atoms with Crippen LogP contribution in [0, 0.1) is 5.92 Å². The van der Waals surface area contributed by atoms with Gasteiger partial charge in [0.2, 0.25) is 0 Å². The molecule has 0 aromatic rings. The van der Waals surface area contributed by atoms with E-state index in [9.17, 15) is 0 Å². The molecule has 2 aliphatic rings. The predicted molar refractivity (Wildman–Crippen MR) is 73.1 cm³/mol. The van der Waals surface area contributed by atoms with E-state index in [0.29, 0.717) is 6.04 Å². The number of nitrogens with zero attached hydrogens (tertiary/aromatic N) is 2. The average molecular weight is 239 g/mol. The first-order valence-corrected chi connectivity index (χ1v) is 7.40. The Morgan fingerprint density at radius 3 is 2.29 bits per heavy atom. The van der Waals surface area contributed by atoms with Crippen LogP contribution in [0.4, 0.5) is 0 Å². The summed E-state index contributed by atoms with van der Waals surface area (Å²) in [6.45, 7) is 6.86. The molecule has 2 rings (SSSR count). The number of likely N-dealkylation sites (tertiary alicyclic amines) is 1. The third-order valence-electron chi connectivity index (χ3n) is 5.04. The Balaban J connectivity index is 1.83. The largest absolute Gasteiger partial charge is 0.329 e. The minimum atomic E-state index is 0.641. The van der Waals surface area contributed by atoms with Crippen molar-refractivity contribution in [3.8, 4) is 0 Å². The van der Waals surface area contributed by atoms with Crippen molar-refractivity contribution in [1.29, 1.82) is 0 Å². The van der Waals surface area contributed by atoms with Crippen molar-refractivity contribution in [2.45, 2.75) is 51.1 Å². The maximum absolute atomic E-state index is 5.99. The summed E-state index contributed by atoms with van der Waals surface area (Å²) in [7, 11) is 2.31. The molecule has 3 heteroatoms. The lowest BCUT2D eigenvalue weighted by atomic mass is 9.78. The molecule has 1 aliphatic heterocycles. The van der Waals surface area contributed by atoms with Gasteiger partial charge in [-0.2, -0.15) is 0 Å². The second-order valence-electron chi connectivity index (χ2n) is 5.82. The van der Waals surface area contributed by atoms with Crippen LogP contribution in [0.1, 0.15) is 39.0 Å². The minimum absolute atomic E-state index is 0.641. The molecule has 1 unspecified atom stereocenters. The zero-order chi connectivity index (χ0) is 12.3. The Morgan fingerprint density at radius 2 is 1.88 bits per heavy atom. The van der Waals surface area contributed by atoms with Crippen LogP contribution in [0.15, 0.2) is 0 Å². The fraction of sp³-hybridized carbons (Fsp3) is 1.00. The SMILES string of the molecule is CCN1CCC(N(C)C(CN)C2CCC2)CC1. The van der Waals surface area contributed by atoms with Crippen LogP contribution in [-0.4, -0.2) is 55.1 Å². The highest BCUT2D eigenvalue weighted by atomic mass is 15.2. The van der Waals surface area contributed by atoms with Gasteiger partial charge in [-0.3, -0.25) is 4.90 Å². The van der Waals surface area contributed by atoms with E-state index in [4.69, 9.17) is 5.73 Å². The van der Waals surface area contributed by atoms with Crippen molar-refractivity contribution in [2.24, 2.45) is 11.7 Å². The molecule has 0 spiro atoms. The van der Waals surface area contributed by atoms with Crippen molar-refractivity contribution >= 4 is 0 Å². The molecule has 2 N–H and O–H groups in total. The van der Waals surface area contributed by atoms with Gasteiger partial charge in [0.05, 0.1) is 0 Å². The van der Waals surface area contributed by atoms with Crippen molar-refractivity contribution in [1.82, 2.24) is 9.80 Å². The van der Waals surface area contributed by atoms with Crippen LogP contribution in [0.2, 0.25) is 0 Å². The number of hydrogen-bond acceptors (Lipinski definition) is 3. The van der Waals surface area contributed by atoms with Gasteiger partial charge >= 0.3 is 0 Å². The highest BCUT2D eigenvalue weighted by Crippen LogP contribution is 2.33. The predicted octanol–water partition coefficient (Wildman–Crippen LogP) is 1.53. The monoisotopic (exact) mass is 239 g/mol. The van der Waals surface area contributed by atoms with E-state index in [1.807, 2.05) is 0 Å². The fourth-order valence-corrected chi connectivity index (χ4v) is 3.43. The number of piperidine rings is 1. The summed E-state index contributed by atoms with van der Waals surface area (Å²) < 4.78 is 0. The van der Waals surface area contributed by atoms with E-state index in [1.54, 1.807) is 0 Å². The Bertz CT molecular complexity index is 220.